The first-order valence-electron chi connectivity index (χ1n) is 14.6. The number of thioether (sulfide) groups is 1. The normalized spacial score (nSPS) is 17.1. The lowest BCUT2D eigenvalue weighted by Gasteiger charge is -2.23. The van der Waals surface area contributed by atoms with Gasteiger partial charge in [0, 0.05) is 16.3 Å². The average molecular weight is 664 g/mol. The van der Waals surface area contributed by atoms with Gasteiger partial charge in [-0.15, -0.1) is 10.2 Å². The van der Waals surface area contributed by atoms with Gasteiger partial charge in [0.2, 0.25) is 5.13 Å². The Bertz CT molecular complexity index is 1760. The number of ketones is 1. The second-order valence-corrected chi connectivity index (χ2v) is 13.0. The van der Waals surface area contributed by atoms with Gasteiger partial charge in [-0.1, -0.05) is 84.8 Å². The van der Waals surface area contributed by atoms with Crippen molar-refractivity contribution in [3.63, 3.8) is 0 Å². The maximum Gasteiger partial charge on any atom is 0.301 e. The molecule has 1 atom stereocenters. The van der Waals surface area contributed by atoms with Gasteiger partial charge in [-0.3, -0.25) is 14.5 Å². The van der Waals surface area contributed by atoms with Crippen molar-refractivity contribution >= 4 is 57.3 Å². The predicted molar refractivity (Wildman–Crippen MR) is 175 cm³/mol. The van der Waals surface area contributed by atoms with Gasteiger partial charge in [-0.2, -0.15) is 0 Å². The van der Waals surface area contributed by atoms with Gasteiger partial charge >= 0.3 is 5.91 Å². The van der Waals surface area contributed by atoms with E-state index < -0.39 is 17.7 Å². The molecule has 6 rings (SSSR count). The Kier molecular flexibility index (Phi) is 9.58. The summed E-state index contributed by atoms with van der Waals surface area (Å²) in [6, 6.07) is 18.7. The third kappa shape index (κ3) is 6.66. The molecule has 0 unspecified atom stereocenters. The van der Waals surface area contributed by atoms with E-state index in [1.165, 1.54) is 28.0 Å². The fourth-order valence-electron chi connectivity index (χ4n) is 5.12. The Hall–Kier alpha value is -4.06. The minimum atomic E-state index is -0.980. The smallest absolute Gasteiger partial charge is 0.301 e. The van der Waals surface area contributed by atoms with Crippen molar-refractivity contribution in [1.29, 1.82) is 0 Å². The summed E-state index contributed by atoms with van der Waals surface area (Å²) >= 11 is 8.95. The summed E-state index contributed by atoms with van der Waals surface area (Å²) in [7, 11) is 0. The van der Waals surface area contributed by atoms with Crippen LogP contribution in [0.3, 0.4) is 0 Å². The van der Waals surface area contributed by atoms with Crippen LogP contribution < -0.4 is 19.1 Å². The molecule has 1 fully saturated rings. The van der Waals surface area contributed by atoms with Crippen LogP contribution in [0.4, 0.5) is 5.13 Å². The lowest BCUT2D eigenvalue weighted by Crippen LogP contribution is -2.29. The number of aliphatic hydroxyl groups excluding tert-OH is 1. The molecule has 3 aromatic carbocycles. The molecule has 0 radical (unpaired) electrons. The standard InChI is InChI=1S/C33H30ClN3O6S2/c1-2-3-6-14-41-23-10-7-9-20(17-23)28-27(29(38)21-12-13-25-26(18-21)43-16-15-42-25)30(39)31(40)37(28)32-35-36-33(45-32)44-19-22-8-4-5-11-24(22)34/h4-5,7-13,17-18,28,38H,2-3,6,14-16,19H2,1H3/t28-/m1/s1. The maximum atomic E-state index is 13.7. The minimum absolute atomic E-state index is 0.0692. The highest BCUT2D eigenvalue weighted by atomic mass is 35.5. The third-order valence-corrected chi connectivity index (χ3v) is 9.83. The lowest BCUT2D eigenvalue weighted by atomic mass is 9.95. The zero-order valence-electron chi connectivity index (χ0n) is 24.4. The minimum Gasteiger partial charge on any atom is -0.507 e. The monoisotopic (exact) mass is 663 g/mol. The number of fused-ring (bicyclic) bond motifs is 1. The van der Waals surface area contributed by atoms with Crippen LogP contribution >= 0.6 is 34.7 Å². The highest BCUT2D eigenvalue weighted by molar-refractivity contribution is 8.00. The van der Waals surface area contributed by atoms with E-state index in [0.29, 0.717) is 63.3 Å². The predicted octanol–water partition coefficient (Wildman–Crippen LogP) is 7.45. The van der Waals surface area contributed by atoms with E-state index in [9.17, 15) is 14.7 Å². The van der Waals surface area contributed by atoms with Crippen LogP contribution in [-0.4, -0.2) is 46.8 Å². The first-order valence-corrected chi connectivity index (χ1v) is 16.8. The van der Waals surface area contributed by atoms with E-state index in [1.54, 1.807) is 36.4 Å². The molecule has 0 spiro atoms. The number of amides is 1. The second kappa shape index (κ2) is 13.9. The van der Waals surface area contributed by atoms with Crippen molar-refractivity contribution in [3.05, 3.63) is 94.0 Å². The number of benzene rings is 3. The van der Waals surface area contributed by atoms with Crippen molar-refractivity contribution < 1.29 is 28.9 Å². The number of hydrogen-bond acceptors (Lipinski definition) is 10. The molecule has 12 heteroatoms. The molecular formula is C33H30ClN3O6S2. The SMILES string of the molecule is CCCCCOc1cccc([C@@H]2C(=C(O)c3ccc4c(c3)OCCO4)C(=O)C(=O)N2c2nnc(SCc3ccccc3Cl)s2)c1. The molecule has 4 aromatic rings. The number of Topliss-reactive ketones (excluding diaryl/α,β-unsaturated/α-hetero) is 1. The summed E-state index contributed by atoms with van der Waals surface area (Å²) in [6.45, 7) is 3.44. The van der Waals surface area contributed by atoms with E-state index in [1.807, 2.05) is 30.3 Å². The molecule has 0 aliphatic carbocycles. The van der Waals surface area contributed by atoms with Crippen LogP contribution in [0.5, 0.6) is 17.2 Å². The van der Waals surface area contributed by atoms with E-state index >= 15 is 0 Å². The van der Waals surface area contributed by atoms with Crippen molar-refractivity contribution in [1.82, 2.24) is 10.2 Å². The molecule has 3 heterocycles. The quantitative estimate of drug-likeness (QED) is 0.0437. The molecule has 232 valence electrons. The zero-order valence-corrected chi connectivity index (χ0v) is 26.8. The molecule has 45 heavy (non-hydrogen) atoms. The number of rotatable bonds is 11. The van der Waals surface area contributed by atoms with Crippen LogP contribution in [0.1, 0.15) is 48.9 Å². The van der Waals surface area contributed by atoms with Crippen molar-refractivity contribution in [2.45, 2.75) is 42.3 Å². The number of carbonyl (C=O) groups is 2. The van der Waals surface area contributed by atoms with Crippen molar-refractivity contribution in [3.8, 4) is 17.2 Å². The summed E-state index contributed by atoms with van der Waals surface area (Å²) in [5, 5.41) is 21.1. The van der Waals surface area contributed by atoms with Crippen LogP contribution in [0, 0.1) is 0 Å². The molecule has 1 amide bonds. The third-order valence-electron chi connectivity index (χ3n) is 7.36. The Labute approximate surface area is 273 Å². The molecule has 1 N–H and O–H groups in total. The molecule has 0 bridgehead atoms. The van der Waals surface area contributed by atoms with Crippen LogP contribution in [0.25, 0.3) is 5.76 Å². The number of carbonyl (C=O) groups excluding carboxylic acids is 2. The molecule has 1 aromatic heterocycles. The van der Waals surface area contributed by atoms with Gasteiger partial charge in [-0.25, -0.2) is 0 Å². The summed E-state index contributed by atoms with van der Waals surface area (Å²) < 4.78 is 17.9. The Morgan fingerprint density at radius 2 is 1.87 bits per heavy atom. The highest BCUT2D eigenvalue weighted by Crippen LogP contribution is 2.45. The zero-order chi connectivity index (χ0) is 31.3. The van der Waals surface area contributed by atoms with Gasteiger partial charge in [-0.05, 0) is 53.9 Å². The average Bonchev–Trinajstić information content (AvgIpc) is 3.64. The van der Waals surface area contributed by atoms with Gasteiger partial charge in [0.15, 0.2) is 15.8 Å². The number of anilines is 1. The maximum absolute atomic E-state index is 13.7. The fraction of sp³-hybridized carbons (Fsp3) is 0.273. The first kappa shape index (κ1) is 30.9. The Morgan fingerprint density at radius 1 is 1.04 bits per heavy atom. The van der Waals surface area contributed by atoms with E-state index in [2.05, 4.69) is 17.1 Å². The van der Waals surface area contributed by atoms with E-state index in [0.717, 1.165) is 24.8 Å². The van der Waals surface area contributed by atoms with Crippen LogP contribution in [0.15, 0.2) is 76.6 Å². The summed E-state index contributed by atoms with van der Waals surface area (Å²) in [5.74, 6) is 0.167. The number of aliphatic hydroxyl groups is 1. The van der Waals surface area contributed by atoms with E-state index in [-0.39, 0.29) is 16.5 Å². The van der Waals surface area contributed by atoms with Crippen molar-refractivity contribution in [2.75, 3.05) is 24.7 Å². The lowest BCUT2D eigenvalue weighted by molar-refractivity contribution is -0.132. The fourth-order valence-corrected chi connectivity index (χ4v) is 7.27. The molecule has 1 saturated heterocycles. The summed E-state index contributed by atoms with van der Waals surface area (Å²) in [5.41, 5.74) is 1.78. The number of nitrogens with zero attached hydrogens (tertiary/aromatic N) is 3. The second-order valence-electron chi connectivity index (χ2n) is 10.4. The largest absolute Gasteiger partial charge is 0.507 e. The first-order chi connectivity index (χ1) is 21.9. The molecule has 2 aliphatic rings. The van der Waals surface area contributed by atoms with Crippen LogP contribution in [-0.2, 0) is 15.3 Å². The van der Waals surface area contributed by atoms with Crippen LogP contribution in [0.2, 0.25) is 5.02 Å². The number of ether oxygens (including phenoxy) is 3. The number of halogens is 1. The number of aromatic nitrogens is 2. The molecular weight excluding hydrogens is 634 g/mol. The van der Waals surface area contributed by atoms with Crippen molar-refractivity contribution in [2.24, 2.45) is 0 Å². The molecule has 2 aliphatic heterocycles. The number of unbranched alkanes of at least 4 members (excludes halogenated alkanes) is 2. The van der Waals surface area contributed by atoms with E-state index in [4.69, 9.17) is 25.8 Å². The van der Waals surface area contributed by atoms with Gasteiger partial charge in [0.05, 0.1) is 18.2 Å². The number of hydrogen-bond donors (Lipinski definition) is 1. The highest BCUT2D eigenvalue weighted by Gasteiger charge is 2.48. The Morgan fingerprint density at radius 3 is 2.69 bits per heavy atom. The van der Waals surface area contributed by atoms with Gasteiger partial charge in [0.1, 0.15) is 24.7 Å². The molecule has 9 nitrogen and oxygen atoms in total. The van der Waals surface area contributed by atoms with Gasteiger partial charge in [0.25, 0.3) is 5.78 Å². The molecule has 0 saturated carbocycles. The van der Waals surface area contributed by atoms with Gasteiger partial charge < -0.3 is 19.3 Å². The Balaban J connectivity index is 1.38. The topological polar surface area (TPSA) is 111 Å². The summed E-state index contributed by atoms with van der Waals surface area (Å²) in [4.78, 5) is 28.7. The summed E-state index contributed by atoms with van der Waals surface area (Å²) in [6.07, 6.45) is 3.02.